The van der Waals surface area contributed by atoms with Crippen molar-refractivity contribution in [2.45, 2.75) is 64.1 Å². The van der Waals surface area contributed by atoms with Gasteiger partial charge in [0.1, 0.15) is 5.60 Å². The van der Waals surface area contributed by atoms with Crippen molar-refractivity contribution >= 4 is 6.09 Å². The lowest BCUT2D eigenvalue weighted by atomic mass is 9.91. The number of nitrogens with zero attached hydrogens (tertiary/aromatic N) is 1. The SMILES string of the molecule is CNCC1C[C@H]2CC[C@@H](C1)N2C(=O)OC(C)(C)C. The number of ether oxygens (including phenoxy) is 1. The quantitative estimate of drug-likeness (QED) is 0.822. The molecule has 2 fully saturated rings. The molecule has 0 aromatic rings. The molecule has 2 aliphatic rings. The van der Waals surface area contributed by atoms with Gasteiger partial charge in [-0.2, -0.15) is 0 Å². The van der Waals surface area contributed by atoms with E-state index in [1.165, 1.54) is 0 Å². The molecule has 2 heterocycles. The smallest absolute Gasteiger partial charge is 0.410 e. The monoisotopic (exact) mass is 254 g/mol. The average Bonchev–Trinajstić information content (AvgIpc) is 2.49. The third kappa shape index (κ3) is 2.97. The number of carbonyl (C=O) groups excluding carboxylic acids is 1. The number of piperidine rings is 1. The largest absolute Gasteiger partial charge is 0.444 e. The zero-order chi connectivity index (χ0) is 13.3. The number of carbonyl (C=O) groups is 1. The van der Waals surface area contributed by atoms with Crippen LogP contribution in [0.15, 0.2) is 0 Å². The first-order valence-electron chi connectivity index (χ1n) is 7.06. The summed E-state index contributed by atoms with van der Waals surface area (Å²) in [7, 11) is 2.00. The van der Waals surface area contributed by atoms with E-state index in [0.717, 1.165) is 32.2 Å². The zero-order valence-corrected chi connectivity index (χ0v) is 12.0. The molecule has 1 amide bonds. The number of fused-ring (bicyclic) bond motifs is 2. The van der Waals surface area contributed by atoms with Crippen molar-refractivity contribution in [3.05, 3.63) is 0 Å². The molecule has 4 nitrogen and oxygen atoms in total. The molecule has 0 aliphatic carbocycles. The molecule has 1 N–H and O–H groups in total. The average molecular weight is 254 g/mol. The van der Waals surface area contributed by atoms with E-state index < -0.39 is 5.60 Å². The van der Waals surface area contributed by atoms with E-state index in [4.69, 9.17) is 4.74 Å². The first kappa shape index (κ1) is 13.7. The highest BCUT2D eigenvalue weighted by Crippen LogP contribution is 2.39. The van der Waals surface area contributed by atoms with Crippen LogP contribution in [0.3, 0.4) is 0 Å². The fraction of sp³-hybridized carbons (Fsp3) is 0.929. The summed E-state index contributed by atoms with van der Waals surface area (Å²) in [4.78, 5) is 14.2. The predicted molar refractivity (Wildman–Crippen MR) is 71.5 cm³/mol. The Bertz CT molecular complexity index is 297. The second-order valence-electron chi connectivity index (χ2n) is 6.67. The van der Waals surface area contributed by atoms with Gasteiger partial charge in [0.15, 0.2) is 0 Å². The molecule has 0 aromatic carbocycles. The normalized spacial score (nSPS) is 31.6. The molecule has 2 bridgehead atoms. The van der Waals surface area contributed by atoms with Gasteiger partial charge in [-0.05, 0) is 66.0 Å². The van der Waals surface area contributed by atoms with Crippen molar-refractivity contribution in [2.75, 3.05) is 13.6 Å². The molecule has 0 radical (unpaired) electrons. The first-order valence-corrected chi connectivity index (χ1v) is 7.06. The first-order chi connectivity index (χ1) is 8.40. The fourth-order valence-corrected chi connectivity index (χ4v) is 3.36. The van der Waals surface area contributed by atoms with E-state index in [9.17, 15) is 4.79 Å². The van der Waals surface area contributed by atoms with Crippen molar-refractivity contribution in [2.24, 2.45) is 5.92 Å². The van der Waals surface area contributed by atoms with Crippen LogP contribution in [0.4, 0.5) is 4.79 Å². The van der Waals surface area contributed by atoms with Crippen LogP contribution in [0.25, 0.3) is 0 Å². The molecule has 2 aliphatic heterocycles. The molecule has 3 atom stereocenters. The van der Waals surface area contributed by atoms with E-state index in [2.05, 4.69) is 5.32 Å². The highest BCUT2D eigenvalue weighted by molar-refractivity contribution is 5.69. The van der Waals surface area contributed by atoms with Crippen molar-refractivity contribution in [1.82, 2.24) is 10.2 Å². The summed E-state index contributed by atoms with van der Waals surface area (Å²) < 4.78 is 5.52. The predicted octanol–water partition coefficient (Wildman–Crippen LogP) is 2.38. The van der Waals surface area contributed by atoms with E-state index in [1.807, 2.05) is 32.7 Å². The van der Waals surface area contributed by atoms with Gasteiger partial charge in [-0.25, -0.2) is 4.79 Å². The minimum absolute atomic E-state index is 0.113. The Hall–Kier alpha value is -0.770. The van der Waals surface area contributed by atoms with E-state index in [0.29, 0.717) is 18.0 Å². The Morgan fingerprint density at radius 1 is 1.28 bits per heavy atom. The van der Waals surface area contributed by atoms with Gasteiger partial charge in [0.25, 0.3) is 0 Å². The molecule has 0 spiro atoms. The number of hydrogen-bond acceptors (Lipinski definition) is 3. The number of nitrogens with one attached hydrogen (secondary N) is 1. The Morgan fingerprint density at radius 3 is 2.28 bits per heavy atom. The van der Waals surface area contributed by atoms with Crippen molar-refractivity contribution in [1.29, 1.82) is 0 Å². The van der Waals surface area contributed by atoms with Gasteiger partial charge in [-0.1, -0.05) is 0 Å². The van der Waals surface area contributed by atoms with Crippen LogP contribution in [0.5, 0.6) is 0 Å². The summed E-state index contributed by atoms with van der Waals surface area (Å²) in [6, 6.07) is 0.800. The summed E-state index contributed by atoms with van der Waals surface area (Å²) in [5.41, 5.74) is -0.391. The van der Waals surface area contributed by atoms with Gasteiger partial charge in [-0.3, -0.25) is 0 Å². The highest BCUT2D eigenvalue weighted by Gasteiger charge is 2.44. The van der Waals surface area contributed by atoms with Gasteiger partial charge in [0.05, 0.1) is 0 Å². The third-order valence-corrected chi connectivity index (χ3v) is 3.93. The standard InChI is InChI=1S/C14H26N2O2/c1-14(2,3)18-13(17)16-11-5-6-12(16)8-10(7-11)9-15-4/h10-12,15H,5-9H2,1-4H3/t10?,11-,12+. The van der Waals surface area contributed by atoms with Gasteiger partial charge < -0.3 is 15.0 Å². The molecule has 2 saturated heterocycles. The van der Waals surface area contributed by atoms with E-state index in [-0.39, 0.29) is 6.09 Å². The minimum Gasteiger partial charge on any atom is -0.444 e. The third-order valence-electron chi connectivity index (χ3n) is 3.93. The maximum absolute atomic E-state index is 12.2. The molecular weight excluding hydrogens is 228 g/mol. The van der Waals surface area contributed by atoms with Crippen LogP contribution in [-0.2, 0) is 4.74 Å². The van der Waals surface area contributed by atoms with Crippen LogP contribution < -0.4 is 5.32 Å². The van der Waals surface area contributed by atoms with Gasteiger partial charge in [0.2, 0.25) is 0 Å². The minimum atomic E-state index is -0.391. The van der Waals surface area contributed by atoms with Crippen LogP contribution in [0, 0.1) is 5.92 Å². The maximum Gasteiger partial charge on any atom is 0.410 e. The van der Waals surface area contributed by atoms with E-state index in [1.54, 1.807) is 0 Å². The Balaban J connectivity index is 1.98. The summed E-state index contributed by atoms with van der Waals surface area (Å²) in [5.74, 6) is 0.714. The molecule has 104 valence electrons. The number of amides is 1. The van der Waals surface area contributed by atoms with E-state index >= 15 is 0 Å². The Labute approximate surface area is 110 Å². The summed E-state index contributed by atoms with van der Waals surface area (Å²) >= 11 is 0. The Morgan fingerprint density at radius 2 is 1.83 bits per heavy atom. The second kappa shape index (κ2) is 5.08. The second-order valence-corrected chi connectivity index (χ2v) is 6.67. The highest BCUT2D eigenvalue weighted by atomic mass is 16.6. The lowest BCUT2D eigenvalue weighted by molar-refractivity contribution is 0.00227. The van der Waals surface area contributed by atoms with Crippen molar-refractivity contribution in [3.8, 4) is 0 Å². The summed E-state index contributed by atoms with van der Waals surface area (Å²) in [6.45, 7) is 6.86. The lowest BCUT2D eigenvalue weighted by Crippen LogP contribution is -2.49. The molecule has 4 heteroatoms. The Kier molecular flexibility index (Phi) is 3.85. The molecule has 0 saturated carbocycles. The van der Waals surface area contributed by atoms with Crippen LogP contribution in [0.2, 0.25) is 0 Å². The summed E-state index contributed by atoms with van der Waals surface area (Å²) in [6.07, 6.45) is 4.42. The van der Waals surface area contributed by atoms with Crippen molar-refractivity contribution < 1.29 is 9.53 Å². The molecule has 18 heavy (non-hydrogen) atoms. The molecule has 2 rings (SSSR count). The lowest BCUT2D eigenvalue weighted by Gasteiger charge is -2.39. The zero-order valence-electron chi connectivity index (χ0n) is 12.0. The summed E-state index contributed by atoms with van der Waals surface area (Å²) in [5, 5.41) is 3.25. The molecule has 1 unspecified atom stereocenters. The molecular formula is C14H26N2O2. The maximum atomic E-state index is 12.2. The fourth-order valence-electron chi connectivity index (χ4n) is 3.36. The van der Waals surface area contributed by atoms with Crippen molar-refractivity contribution in [3.63, 3.8) is 0 Å². The number of hydrogen-bond donors (Lipinski definition) is 1. The van der Waals surface area contributed by atoms with Gasteiger partial charge >= 0.3 is 6.09 Å². The van der Waals surface area contributed by atoms with Gasteiger partial charge in [0, 0.05) is 12.1 Å². The van der Waals surface area contributed by atoms with Crippen LogP contribution in [-0.4, -0.2) is 42.3 Å². The number of rotatable bonds is 2. The topological polar surface area (TPSA) is 41.6 Å². The van der Waals surface area contributed by atoms with Gasteiger partial charge in [-0.15, -0.1) is 0 Å². The van der Waals surface area contributed by atoms with Crippen LogP contribution >= 0.6 is 0 Å². The molecule has 0 aromatic heterocycles. The van der Waals surface area contributed by atoms with Crippen LogP contribution in [0.1, 0.15) is 46.5 Å².